The molecule has 2 rings (SSSR count). The van der Waals surface area contributed by atoms with Crippen LogP contribution in [0.1, 0.15) is 5.56 Å². The Labute approximate surface area is 123 Å². The quantitative estimate of drug-likeness (QED) is 0.746. The van der Waals surface area contributed by atoms with Crippen molar-refractivity contribution in [3.63, 3.8) is 0 Å². The molecule has 6 nitrogen and oxygen atoms in total. The highest BCUT2D eigenvalue weighted by atomic mass is 32.2. The molecule has 0 heterocycles. The first-order valence-electron chi connectivity index (χ1n) is 6.07. The van der Waals surface area contributed by atoms with Gasteiger partial charge in [-0.25, -0.2) is 13.1 Å². The van der Waals surface area contributed by atoms with Gasteiger partial charge in [-0.05, 0) is 37.4 Å². The van der Waals surface area contributed by atoms with Crippen LogP contribution in [0.15, 0.2) is 47.4 Å². The van der Waals surface area contributed by atoms with Crippen LogP contribution in [-0.2, 0) is 10.0 Å². The largest absolute Gasteiger partial charge is 0.399 e. The van der Waals surface area contributed by atoms with E-state index in [2.05, 4.69) is 10.0 Å². The SMILES string of the molecule is CNS(=O)(=O)c1cc(N)ccc1Nc1ccccc1C#N. The van der Waals surface area contributed by atoms with Gasteiger partial charge < -0.3 is 11.1 Å². The molecule has 0 bridgehead atoms. The lowest BCUT2D eigenvalue weighted by molar-refractivity contribution is 0.588. The zero-order valence-electron chi connectivity index (χ0n) is 11.3. The Morgan fingerprint density at radius 2 is 1.86 bits per heavy atom. The molecule has 0 aromatic heterocycles. The summed E-state index contributed by atoms with van der Waals surface area (Å²) in [6.45, 7) is 0. The number of para-hydroxylation sites is 1. The molecule has 0 atom stereocenters. The van der Waals surface area contributed by atoms with E-state index in [1.165, 1.54) is 13.1 Å². The van der Waals surface area contributed by atoms with E-state index in [0.29, 0.717) is 22.6 Å². The molecule has 2 aromatic rings. The number of hydrogen-bond donors (Lipinski definition) is 3. The van der Waals surface area contributed by atoms with E-state index in [1.807, 2.05) is 6.07 Å². The molecule has 0 aliphatic carbocycles. The number of rotatable bonds is 4. The molecule has 2 aromatic carbocycles. The Morgan fingerprint density at radius 3 is 2.52 bits per heavy atom. The lowest BCUT2D eigenvalue weighted by Gasteiger charge is -2.13. The van der Waals surface area contributed by atoms with E-state index >= 15 is 0 Å². The van der Waals surface area contributed by atoms with Gasteiger partial charge in [0.05, 0.1) is 16.9 Å². The molecule has 0 aliphatic rings. The van der Waals surface area contributed by atoms with Crippen molar-refractivity contribution >= 4 is 27.1 Å². The summed E-state index contributed by atoms with van der Waals surface area (Å²) in [7, 11) is -2.34. The van der Waals surface area contributed by atoms with Gasteiger partial charge in [0.25, 0.3) is 0 Å². The Morgan fingerprint density at radius 1 is 1.14 bits per heavy atom. The van der Waals surface area contributed by atoms with Gasteiger partial charge in [-0.15, -0.1) is 0 Å². The monoisotopic (exact) mass is 302 g/mol. The van der Waals surface area contributed by atoms with Gasteiger partial charge in [0.15, 0.2) is 0 Å². The van der Waals surface area contributed by atoms with E-state index in [-0.39, 0.29) is 4.90 Å². The van der Waals surface area contributed by atoms with Crippen molar-refractivity contribution in [3.8, 4) is 6.07 Å². The predicted octanol–water partition coefficient (Wildman–Crippen LogP) is 1.79. The molecular formula is C14H14N4O2S. The highest BCUT2D eigenvalue weighted by Crippen LogP contribution is 2.28. The molecule has 0 amide bonds. The third kappa shape index (κ3) is 3.13. The number of nitrogens with one attached hydrogen (secondary N) is 2. The predicted molar refractivity (Wildman–Crippen MR) is 81.5 cm³/mol. The van der Waals surface area contributed by atoms with Crippen LogP contribution in [0.2, 0.25) is 0 Å². The average molecular weight is 302 g/mol. The van der Waals surface area contributed by atoms with Gasteiger partial charge in [0, 0.05) is 5.69 Å². The Hall–Kier alpha value is -2.56. The topological polar surface area (TPSA) is 108 Å². The summed E-state index contributed by atoms with van der Waals surface area (Å²) in [5, 5.41) is 12.0. The first-order chi connectivity index (χ1) is 9.97. The van der Waals surface area contributed by atoms with Crippen LogP contribution < -0.4 is 15.8 Å². The third-order valence-corrected chi connectivity index (χ3v) is 4.34. The highest BCUT2D eigenvalue weighted by molar-refractivity contribution is 7.89. The number of nitrogens with zero attached hydrogens (tertiary/aromatic N) is 1. The summed E-state index contributed by atoms with van der Waals surface area (Å²) < 4.78 is 26.3. The number of sulfonamides is 1. The fourth-order valence-corrected chi connectivity index (χ4v) is 2.73. The number of benzene rings is 2. The van der Waals surface area contributed by atoms with Crippen molar-refractivity contribution in [3.05, 3.63) is 48.0 Å². The van der Waals surface area contributed by atoms with Gasteiger partial charge in [0.1, 0.15) is 11.0 Å². The minimum absolute atomic E-state index is 0.0257. The zero-order valence-corrected chi connectivity index (χ0v) is 12.1. The fourth-order valence-electron chi connectivity index (χ4n) is 1.81. The zero-order chi connectivity index (χ0) is 15.5. The molecule has 4 N–H and O–H groups in total. The van der Waals surface area contributed by atoms with Crippen LogP contribution in [0.4, 0.5) is 17.1 Å². The first kappa shape index (κ1) is 14.8. The molecule has 0 saturated carbocycles. The molecule has 0 fully saturated rings. The van der Waals surface area contributed by atoms with Gasteiger partial charge in [-0.1, -0.05) is 12.1 Å². The van der Waals surface area contributed by atoms with Crippen LogP contribution in [-0.4, -0.2) is 15.5 Å². The summed E-state index contributed by atoms with van der Waals surface area (Å²) in [5.41, 5.74) is 7.28. The Bertz CT molecular complexity index is 810. The van der Waals surface area contributed by atoms with Crippen LogP contribution in [0.3, 0.4) is 0 Å². The molecular weight excluding hydrogens is 288 g/mol. The van der Waals surface area contributed by atoms with Crippen molar-refractivity contribution < 1.29 is 8.42 Å². The summed E-state index contributed by atoms with van der Waals surface area (Å²) in [4.78, 5) is 0.0257. The van der Waals surface area contributed by atoms with Gasteiger partial charge in [-0.2, -0.15) is 5.26 Å². The highest BCUT2D eigenvalue weighted by Gasteiger charge is 2.17. The summed E-state index contributed by atoms with van der Waals surface area (Å²) in [5.74, 6) is 0. The molecule has 0 radical (unpaired) electrons. The minimum Gasteiger partial charge on any atom is -0.399 e. The van der Waals surface area contributed by atoms with Crippen molar-refractivity contribution in [1.82, 2.24) is 4.72 Å². The molecule has 21 heavy (non-hydrogen) atoms. The maximum absolute atomic E-state index is 12.0. The number of hydrogen-bond acceptors (Lipinski definition) is 5. The number of nitrogens with two attached hydrogens (primary N) is 1. The van der Waals surface area contributed by atoms with Crippen LogP contribution in [0.5, 0.6) is 0 Å². The lowest BCUT2D eigenvalue weighted by Crippen LogP contribution is -2.20. The normalized spacial score (nSPS) is 10.9. The van der Waals surface area contributed by atoms with Gasteiger partial charge in [0.2, 0.25) is 10.0 Å². The van der Waals surface area contributed by atoms with E-state index in [4.69, 9.17) is 11.0 Å². The lowest BCUT2D eigenvalue weighted by atomic mass is 10.2. The first-order valence-corrected chi connectivity index (χ1v) is 7.55. The number of nitriles is 1. The number of nitrogen functional groups attached to an aromatic ring is 1. The Balaban J connectivity index is 2.53. The summed E-state index contributed by atoms with van der Waals surface area (Å²) in [6.07, 6.45) is 0. The summed E-state index contributed by atoms with van der Waals surface area (Å²) >= 11 is 0. The minimum atomic E-state index is -3.67. The van der Waals surface area contributed by atoms with Gasteiger partial charge in [-0.3, -0.25) is 0 Å². The van der Waals surface area contributed by atoms with Crippen molar-refractivity contribution in [2.24, 2.45) is 0 Å². The van der Waals surface area contributed by atoms with Crippen LogP contribution in [0, 0.1) is 11.3 Å². The van der Waals surface area contributed by atoms with Crippen molar-refractivity contribution in [1.29, 1.82) is 5.26 Å². The maximum Gasteiger partial charge on any atom is 0.242 e. The second kappa shape index (κ2) is 5.83. The maximum atomic E-state index is 12.0. The fraction of sp³-hybridized carbons (Fsp3) is 0.0714. The van der Waals surface area contributed by atoms with Gasteiger partial charge >= 0.3 is 0 Å². The summed E-state index contributed by atoms with van der Waals surface area (Å²) in [6, 6.07) is 13.4. The van der Waals surface area contributed by atoms with Crippen LogP contribution in [0.25, 0.3) is 0 Å². The molecule has 0 unspecified atom stereocenters. The molecule has 0 aliphatic heterocycles. The average Bonchev–Trinajstić information content (AvgIpc) is 2.49. The van der Waals surface area contributed by atoms with Crippen molar-refractivity contribution in [2.45, 2.75) is 4.90 Å². The van der Waals surface area contributed by atoms with E-state index in [0.717, 1.165) is 0 Å². The smallest absolute Gasteiger partial charge is 0.242 e. The number of anilines is 3. The molecule has 0 spiro atoms. The Kier molecular flexibility index (Phi) is 4.12. The molecule has 7 heteroatoms. The third-order valence-electron chi connectivity index (χ3n) is 2.88. The van der Waals surface area contributed by atoms with E-state index in [9.17, 15) is 8.42 Å². The second-order valence-electron chi connectivity index (χ2n) is 4.25. The standard InChI is InChI=1S/C14H14N4O2S/c1-17-21(19,20)14-8-11(16)6-7-13(14)18-12-5-3-2-4-10(12)9-15/h2-8,17-18H,16H2,1H3. The molecule has 0 saturated heterocycles. The molecule has 108 valence electrons. The van der Waals surface area contributed by atoms with E-state index in [1.54, 1.807) is 36.4 Å². The second-order valence-corrected chi connectivity index (χ2v) is 6.10. The van der Waals surface area contributed by atoms with E-state index < -0.39 is 10.0 Å². The van der Waals surface area contributed by atoms with Crippen LogP contribution >= 0.6 is 0 Å². The van der Waals surface area contributed by atoms with Crippen molar-refractivity contribution in [2.75, 3.05) is 18.1 Å².